The Morgan fingerprint density at radius 2 is 2.06 bits per heavy atom. The van der Waals surface area contributed by atoms with Crippen LogP contribution in [0, 0.1) is 0 Å². The number of hydrogen-bond acceptors (Lipinski definition) is 3. The van der Waals surface area contributed by atoms with Crippen molar-refractivity contribution in [1.82, 2.24) is 0 Å². The molecule has 0 spiro atoms. The maximum atomic E-state index is 11.2. The quantitative estimate of drug-likeness (QED) is 0.345. The van der Waals surface area contributed by atoms with Crippen LogP contribution in [0.4, 0.5) is 0 Å². The number of carbonyl (C=O) groups is 1. The molecule has 1 atom stereocenters. The van der Waals surface area contributed by atoms with Gasteiger partial charge in [0.15, 0.2) is 0 Å². The van der Waals surface area contributed by atoms with Crippen molar-refractivity contribution in [3.8, 4) is 0 Å². The summed E-state index contributed by atoms with van der Waals surface area (Å²) >= 11 is 0. The van der Waals surface area contributed by atoms with E-state index in [1.807, 2.05) is 6.08 Å². The largest absolute Gasteiger partial charge is 0.466 e. The summed E-state index contributed by atoms with van der Waals surface area (Å²) in [5, 5.41) is 0. The molecule has 0 aromatic heterocycles. The van der Waals surface area contributed by atoms with Crippen LogP contribution in [0.5, 0.6) is 0 Å². The minimum atomic E-state index is -0.201. The summed E-state index contributed by atoms with van der Waals surface area (Å²) in [5.74, 6) is -0.201. The highest BCUT2D eigenvalue weighted by Crippen LogP contribution is 2.05. The molecule has 0 amide bonds. The molecule has 16 heavy (non-hydrogen) atoms. The molecule has 3 heteroatoms. The minimum absolute atomic E-state index is 0.152. The number of carbonyl (C=O) groups excluding carboxylic acids is 1. The van der Waals surface area contributed by atoms with Crippen molar-refractivity contribution < 1.29 is 14.3 Å². The summed E-state index contributed by atoms with van der Waals surface area (Å²) < 4.78 is 10.1. The van der Waals surface area contributed by atoms with Gasteiger partial charge in [0.1, 0.15) is 0 Å². The van der Waals surface area contributed by atoms with Crippen molar-refractivity contribution >= 4 is 5.97 Å². The third-order valence-electron chi connectivity index (χ3n) is 2.30. The molecule has 0 saturated carbocycles. The summed E-state index contributed by atoms with van der Waals surface area (Å²) in [6.07, 6.45) is 8.91. The smallest absolute Gasteiger partial charge is 0.308 e. The lowest BCUT2D eigenvalue weighted by atomic mass is 10.1. The molecule has 0 fully saturated rings. The second-order valence-corrected chi connectivity index (χ2v) is 3.71. The summed E-state index contributed by atoms with van der Waals surface area (Å²) in [6.45, 7) is 4.41. The van der Waals surface area contributed by atoms with Crippen LogP contribution in [-0.2, 0) is 14.3 Å². The Morgan fingerprint density at radius 1 is 1.31 bits per heavy atom. The molecule has 0 aliphatic heterocycles. The Morgan fingerprint density at radius 3 is 2.62 bits per heavy atom. The van der Waals surface area contributed by atoms with Crippen molar-refractivity contribution in [2.24, 2.45) is 0 Å². The highest BCUT2D eigenvalue weighted by Gasteiger charge is 2.10. The Balaban J connectivity index is 3.76. The van der Waals surface area contributed by atoms with Crippen molar-refractivity contribution in [2.45, 2.75) is 52.1 Å². The molecule has 0 rings (SSSR count). The van der Waals surface area contributed by atoms with Crippen molar-refractivity contribution in [1.29, 1.82) is 0 Å². The van der Waals surface area contributed by atoms with Crippen LogP contribution in [0.25, 0.3) is 0 Å². The molecule has 0 radical (unpaired) electrons. The van der Waals surface area contributed by atoms with Gasteiger partial charge in [0.25, 0.3) is 0 Å². The van der Waals surface area contributed by atoms with E-state index in [4.69, 9.17) is 9.47 Å². The van der Waals surface area contributed by atoms with Gasteiger partial charge in [-0.25, -0.2) is 0 Å². The van der Waals surface area contributed by atoms with E-state index in [0.717, 1.165) is 6.42 Å². The van der Waals surface area contributed by atoms with Gasteiger partial charge in [-0.3, -0.25) is 4.79 Å². The van der Waals surface area contributed by atoms with Gasteiger partial charge in [0.2, 0.25) is 0 Å². The normalized spacial score (nSPS) is 12.9. The lowest BCUT2D eigenvalue weighted by Gasteiger charge is -2.09. The van der Waals surface area contributed by atoms with E-state index >= 15 is 0 Å². The monoisotopic (exact) mass is 228 g/mol. The number of methoxy groups -OCH3 is 1. The third kappa shape index (κ3) is 8.48. The van der Waals surface area contributed by atoms with Gasteiger partial charge in [-0.1, -0.05) is 31.9 Å². The number of unbranched alkanes of at least 4 members (excludes halogenated alkanes) is 3. The van der Waals surface area contributed by atoms with Crippen molar-refractivity contribution in [3.63, 3.8) is 0 Å². The first-order valence-corrected chi connectivity index (χ1v) is 6.09. The zero-order chi connectivity index (χ0) is 12.2. The number of allylic oxidation sites excluding steroid dienone is 1. The third-order valence-corrected chi connectivity index (χ3v) is 2.30. The van der Waals surface area contributed by atoms with Crippen LogP contribution in [0.1, 0.15) is 46.0 Å². The molecular formula is C13H24O3. The van der Waals surface area contributed by atoms with Crippen LogP contribution in [0.3, 0.4) is 0 Å². The molecule has 0 aromatic carbocycles. The van der Waals surface area contributed by atoms with Crippen molar-refractivity contribution in [2.75, 3.05) is 13.7 Å². The van der Waals surface area contributed by atoms with E-state index in [-0.39, 0.29) is 12.1 Å². The van der Waals surface area contributed by atoms with Crippen LogP contribution < -0.4 is 0 Å². The fourth-order valence-electron chi connectivity index (χ4n) is 1.37. The Bertz CT molecular complexity index is 199. The molecule has 94 valence electrons. The van der Waals surface area contributed by atoms with Crippen LogP contribution in [0.2, 0.25) is 0 Å². The first kappa shape index (κ1) is 15.2. The van der Waals surface area contributed by atoms with Gasteiger partial charge >= 0.3 is 5.97 Å². The fraction of sp³-hybridized carbons (Fsp3) is 0.769. The molecule has 3 nitrogen and oxygen atoms in total. The van der Waals surface area contributed by atoms with Gasteiger partial charge in [0, 0.05) is 7.11 Å². The van der Waals surface area contributed by atoms with E-state index in [0.29, 0.717) is 13.0 Å². The van der Waals surface area contributed by atoms with Crippen molar-refractivity contribution in [3.05, 3.63) is 12.2 Å². The maximum Gasteiger partial charge on any atom is 0.308 e. The van der Waals surface area contributed by atoms with E-state index in [1.165, 1.54) is 19.3 Å². The van der Waals surface area contributed by atoms with E-state index < -0.39 is 0 Å². The highest BCUT2D eigenvalue weighted by atomic mass is 16.5. The average molecular weight is 228 g/mol. The summed E-state index contributed by atoms with van der Waals surface area (Å²) in [6, 6.07) is 0. The summed E-state index contributed by atoms with van der Waals surface area (Å²) in [4.78, 5) is 11.2. The second kappa shape index (κ2) is 10.7. The van der Waals surface area contributed by atoms with E-state index in [9.17, 15) is 4.79 Å². The SMILES string of the molecule is CCCCC/C=C/[C@H](CC(=O)OCC)OC. The van der Waals surface area contributed by atoms with E-state index in [1.54, 1.807) is 14.0 Å². The zero-order valence-electron chi connectivity index (χ0n) is 10.7. The molecular weight excluding hydrogens is 204 g/mol. The first-order valence-electron chi connectivity index (χ1n) is 6.09. The second-order valence-electron chi connectivity index (χ2n) is 3.71. The van der Waals surface area contributed by atoms with Gasteiger partial charge in [-0.2, -0.15) is 0 Å². The summed E-state index contributed by atoms with van der Waals surface area (Å²) in [5.41, 5.74) is 0. The predicted molar refractivity (Wildman–Crippen MR) is 65.3 cm³/mol. The minimum Gasteiger partial charge on any atom is -0.466 e. The molecule has 0 N–H and O–H groups in total. The number of rotatable bonds is 9. The Labute approximate surface area is 98.8 Å². The average Bonchev–Trinajstić information content (AvgIpc) is 2.27. The lowest BCUT2D eigenvalue weighted by Crippen LogP contribution is -2.15. The van der Waals surface area contributed by atoms with Gasteiger partial charge in [-0.15, -0.1) is 0 Å². The van der Waals surface area contributed by atoms with Crippen LogP contribution in [-0.4, -0.2) is 25.8 Å². The lowest BCUT2D eigenvalue weighted by molar-refractivity contribution is -0.145. The number of esters is 1. The number of hydrogen-bond donors (Lipinski definition) is 0. The zero-order valence-corrected chi connectivity index (χ0v) is 10.7. The van der Waals surface area contributed by atoms with Gasteiger partial charge in [0.05, 0.1) is 19.1 Å². The van der Waals surface area contributed by atoms with E-state index in [2.05, 4.69) is 13.0 Å². The maximum absolute atomic E-state index is 11.2. The number of ether oxygens (including phenoxy) is 2. The molecule has 0 heterocycles. The highest BCUT2D eigenvalue weighted by molar-refractivity contribution is 5.70. The molecule has 0 aliphatic carbocycles. The Kier molecular flexibility index (Phi) is 10.1. The van der Waals surface area contributed by atoms with Crippen LogP contribution in [0.15, 0.2) is 12.2 Å². The standard InChI is InChI=1S/C13H24O3/c1-4-6-7-8-9-10-12(15-3)11-13(14)16-5-2/h9-10,12H,4-8,11H2,1-3H3/b10-9+/t12-/m1/s1. The molecule has 0 saturated heterocycles. The molecule has 0 aliphatic rings. The topological polar surface area (TPSA) is 35.5 Å². The Hall–Kier alpha value is -0.830. The fourth-order valence-corrected chi connectivity index (χ4v) is 1.37. The molecule has 0 bridgehead atoms. The molecule has 0 aromatic rings. The van der Waals surface area contributed by atoms with Gasteiger partial charge in [-0.05, 0) is 19.8 Å². The molecule has 0 unspecified atom stereocenters. The summed E-state index contributed by atoms with van der Waals surface area (Å²) in [7, 11) is 1.61. The van der Waals surface area contributed by atoms with Gasteiger partial charge < -0.3 is 9.47 Å². The first-order chi connectivity index (χ1) is 7.74. The van der Waals surface area contributed by atoms with Crippen LogP contribution >= 0.6 is 0 Å². The predicted octanol–water partition coefficient (Wildman–Crippen LogP) is 3.09.